The highest BCUT2D eigenvalue weighted by molar-refractivity contribution is 9.10. The molecule has 108 valence electrons. The van der Waals surface area contributed by atoms with Gasteiger partial charge in [0, 0.05) is 10.2 Å². The van der Waals surface area contributed by atoms with E-state index in [2.05, 4.69) is 21.2 Å². The molecule has 2 N–H and O–H groups in total. The Hall–Kier alpha value is -1.40. The number of carboxylic acid groups (broad SMARTS) is 1. The van der Waals surface area contributed by atoms with Crippen molar-refractivity contribution in [1.82, 2.24) is 4.90 Å². The number of hydrogen-bond acceptors (Lipinski definition) is 3. The normalized spacial score (nSPS) is 22.7. The molecule has 2 unspecified atom stereocenters. The van der Waals surface area contributed by atoms with Gasteiger partial charge in [-0.3, -0.25) is 14.5 Å². The molecule has 0 radical (unpaired) electrons. The molecule has 0 saturated carbocycles. The van der Waals surface area contributed by atoms with E-state index in [0.29, 0.717) is 12.2 Å². The molecule has 1 aromatic rings. The fourth-order valence-corrected chi connectivity index (χ4v) is 2.79. The van der Waals surface area contributed by atoms with Gasteiger partial charge in [-0.2, -0.15) is 0 Å². The second kappa shape index (κ2) is 6.37. The molecule has 6 heteroatoms. The largest absolute Gasteiger partial charge is 0.480 e. The van der Waals surface area contributed by atoms with E-state index < -0.39 is 12.0 Å². The summed E-state index contributed by atoms with van der Waals surface area (Å²) in [4.78, 5) is 24.9. The van der Waals surface area contributed by atoms with E-state index in [9.17, 15) is 14.7 Å². The van der Waals surface area contributed by atoms with Gasteiger partial charge in [0.1, 0.15) is 6.04 Å². The van der Waals surface area contributed by atoms with Crippen molar-refractivity contribution in [2.45, 2.75) is 19.4 Å². The van der Waals surface area contributed by atoms with Gasteiger partial charge in [0.15, 0.2) is 0 Å². The summed E-state index contributed by atoms with van der Waals surface area (Å²) in [6, 6.07) is 6.71. The quantitative estimate of drug-likeness (QED) is 0.881. The molecule has 1 fully saturated rings. The molecule has 1 aliphatic rings. The highest BCUT2D eigenvalue weighted by atomic mass is 79.9. The van der Waals surface area contributed by atoms with Crippen molar-refractivity contribution in [1.29, 1.82) is 0 Å². The smallest absolute Gasteiger partial charge is 0.321 e. The Balaban J connectivity index is 1.94. The number of anilines is 1. The van der Waals surface area contributed by atoms with Crippen molar-refractivity contribution in [2.75, 3.05) is 18.4 Å². The number of rotatable bonds is 4. The maximum Gasteiger partial charge on any atom is 0.321 e. The molecule has 0 spiro atoms. The first-order valence-electron chi connectivity index (χ1n) is 6.49. The monoisotopic (exact) mass is 340 g/mol. The highest BCUT2D eigenvalue weighted by Crippen LogP contribution is 2.24. The van der Waals surface area contributed by atoms with Gasteiger partial charge in [0.05, 0.1) is 6.54 Å². The third-order valence-corrected chi connectivity index (χ3v) is 4.06. The number of carboxylic acids is 1. The number of halogens is 1. The molecule has 1 aliphatic heterocycles. The summed E-state index contributed by atoms with van der Waals surface area (Å²) in [6.07, 6.45) is 0.808. The molecule has 1 saturated heterocycles. The van der Waals surface area contributed by atoms with Crippen LogP contribution in [0.3, 0.4) is 0 Å². The second-order valence-electron chi connectivity index (χ2n) is 5.07. The van der Waals surface area contributed by atoms with Gasteiger partial charge >= 0.3 is 5.97 Å². The minimum absolute atomic E-state index is 0.0768. The first kappa shape index (κ1) is 15.0. The van der Waals surface area contributed by atoms with Gasteiger partial charge in [0.2, 0.25) is 5.91 Å². The summed E-state index contributed by atoms with van der Waals surface area (Å²) in [7, 11) is 0. The number of nitrogens with zero attached hydrogens (tertiary/aromatic N) is 1. The second-order valence-corrected chi connectivity index (χ2v) is 5.99. The standard InChI is InChI=1S/C14H17BrN2O3/c1-9-6-7-17(13(9)14(19)20)8-12(18)16-11-4-2-10(15)3-5-11/h2-5,9,13H,6-8H2,1H3,(H,16,18)(H,19,20). The number of nitrogens with one attached hydrogen (secondary N) is 1. The molecular formula is C14H17BrN2O3. The molecule has 1 amide bonds. The van der Waals surface area contributed by atoms with Gasteiger partial charge in [-0.15, -0.1) is 0 Å². The van der Waals surface area contributed by atoms with Gasteiger partial charge < -0.3 is 10.4 Å². The SMILES string of the molecule is CC1CCN(CC(=O)Nc2ccc(Br)cc2)C1C(=O)O. The number of carbonyl (C=O) groups is 2. The number of carbonyl (C=O) groups excluding carboxylic acids is 1. The Kier molecular flexibility index (Phi) is 4.77. The minimum atomic E-state index is -0.855. The lowest BCUT2D eigenvalue weighted by Gasteiger charge is -2.22. The summed E-state index contributed by atoms with van der Waals surface area (Å²) in [6.45, 7) is 2.66. The van der Waals surface area contributed by atoms with E-state index in [4.69, 9.17) is 0 Å². The topological polar surface area (TPSA) is 69.6 Å². The molecule has 0 aliphatic carbocycles. The number of amides is 1. The minimum Gasteiger partial charge on any atom is -0.480 e. The van der Waals surface area contributed by atoms with Gasteiger partial charge in [0.25, 0.3) is 0 Å². The Morgan fingerprint density at radius 1 is 1.40 bits per heavy atom. The molecule has 20 heavy (non-hydrogen) atoms. The van der Waals surface area contributed by atoms with Crippen molar-refractivity contribution < 1.29 is 14.7 Å². The average Bonchev–Trinajstić information content (AvgIpc) is 2.73. The highest BCUT2D eigenvalue weighted by Gasteiger charge is 2.37. The molecule has 0 aromatic heterocycles. The van der Waals surface area contributed by atoms with Crippen LogP contribution in [0.1, 0.15) is 13.3 Å². The first-order chi connectivity index (χ1) is 9.47. The Morgan fingerprint density at radius 3 is 2.65 bits per heavy atom. The van der Waals surface area contributed by atoms with Crippen LogP contribution in [0.25, 0.3) is 0 Å². The van der Waals surface area contributed by atoms with Crippen LogP contribution < -0.4 is 5.32 Å². The summed E-state index contributed by atoms with van der Waals surface area (Å²) in [5.74, 6) is -0.966. The predicted molar refractivity (Wildman–Crippen MR) is 79.5 cm³/mol. The molecule has 1 aromatic carbocycles. The predicted octanol–water partition coefficient (Wildman–Crippen LogP) is 2.18. The number of hydrogen-bond donors (Lipinski definition) is 2. The van der Waals surface area contributed by atoms with Crippen LogP contribution in [-0.2, 0) is 9.59 Å². The lowest BCUT2D eigenvalue weighted by Crippen LogP contribution is -2.43. The van der Waals surface area contributed by atoms with E-state index in [1.807, 2.05) is 19.1 Å². The zero-order valence-electron chi connectivity index (χ0n) is 11.2. The summed E-state index contributed by atoms with van der Waals surface area (Å²) < 4.78 is 0.940. The van der Waals surface area contributed by atoms with Crippen LogP contribution in [0, 0.1) is 5.92 Å². The number of benzene rings is 1. The summed E-state index contributed by atoms with van der Waals surface area (Å²) in [5.41, 5.74) is 0.706. The van der Waals surface area contributed by atoms with E-state index in [-0.39, 0.29) is 18.4 Å². The molecule has 1 heterocycles. The van der Waals surface area contributed by atoms with Crippen molar-refractivity contribution in [2.24, 2.45) is 5.92 Å². The Morgan fingerprint density at radius 2 is 2.05 bits per heavy atom. The maximum absolute atomic E-state index is 12.0. The van der Waals surface area contributed by atoms with Crippen LogP contribution in [-0.4, -0.2) is 41.0 Å². The Labute approximate surface area is 126 Å². The van der Waals surface area contributed by atoms with Crippen molar-refractivity contribution in [3.8, 4) is 0 Å². The number of aliphatic carboxylic acids is 1. The van der Waals surface area contributed by atoms with E-state index in [0.717, 1.165) is 10.9 Å². The molecule has 0 bridgehead atoms. The fourth-order valence-electron chi connectivity index (χ4n) is 2.52. The lowest BCUT2D eigenvalue weighted by molar-refractivity contribution is -0.143. The molecule has 2 rings (SSSR count). The van der Waals surface area contributed by atoms with Crippen LogP contribution in [0.4, 0.5) is 5.69 Å². The van der Waals surface area contributed by atoms with Crippen molar-refractivity contribution >= 4 is 33.5 Å². The van der Waals surface area contributed by atoms with Crippen LogP contribution in [0.15, 0.2) is 28.7 Å². The van der Waals surface area contributed by atoms with Crippen molar-refractivity contribution in [3.05, 3.63) is 28.7 Å². The van der Waals surface area contributed by atoms with E-state index >= 15 is 0 Å². The average molecular weight is 341 g/mol. The maximum atomic E-state index is 12.0. The molecule has 2 atom stereocenters. The molecular weight excluding hydrogens is 324 g/mol. The first-order valence-corrected chi connectivity index (χ1v) is 7.29. The zero-order chi connectivity index (χ0) is 14.7. The van der Waals surface area contributed by atoms with Crippen LogP contribution in [0.2, 0.25) is 0 Å². The number of likely N-dealkylation sites (tertiary alicyclic amines) is 1. The van der Waals surface area contributed by atoms with Gasteiger partial charge in [-0.05, 0) is 43.1 Å². The third-order valence-electron chi connectivity index (χ3n) is 3.53. The van der Waals surface area contributed by atoms with Crippen LogP contribution >= 0.6 is 15.9 Å². The fraction of sp³-hybridized carbons (Fsp3) is 0.429. The summed E-state index contributed by atoms with van der Waals surface area (Å²) in [5, 5.41) is 12.0. The third kappa shape index (κ3) is 3.58. The van der Waals surface area contributed by atoms with E-state index in [1.54, 1.807) is 17.0 Å². The van der Waals surface area contributed by atoms with Crippen LogP contribution in [0.5, 0.6) is 0 Å². The lowest BCUT2D eigenvalue weighted by atomic mass is 10.0. The molecule has 5 nitrogen and oxygen atoms in total. The van der Waals surface area contributed by atoms with Gasteiger partial charge in [-0.1, -0.05) is 22.9 Å². The summed E-state index contributed by atoms with van der Waals surface area (Å²) >= 11 is 3.33. The van der Waals surface area contributed by atoms with Crippen molar-refractivity contribution in [3.63, 3.8) is 0 Å². The van der Waals surface area contributed by atoms with Gasteiger partial charge in [-0.25, -0.2) is 0 Å². The Bertz CT molecular complexity index is 504. The zero-order valence-corrected chi connectivity index (χ0v) is 12.8. The van der Waals surface area contributed by atoms with E-state index in [1.165, 1.54) is 0 Å².